The van der Waals surface area contributed by atoms with Crippen molar-refractivity contribution in [3.05, 3.63) is 17.6 Å². The Balaban J connectivity index is 2.30. The van der Waals surface area contributed by atoms with Gasteiger partial charge < -0.3 is 4.90 Å². The van der Waals surface area contributed by atoms with Crippen LogP contribution < -0.4 is 4.90 Å². The molecule has 3 nitrogen and oxygen atoms in total. The van der Waals surface area contributed by atoms with Gasteiger partial charge in [0.25, 0.3) is 0 Å². The Labute approximate surface area is 115 Å². The summed E-state index contributed by atoms with van der Waals surface area (Å²) >= 11 is 5.91. The second-order valence-corrected chi connectivity index (χ2v) is 5.24. The van der Waals surface area contributed by atoms with Crippen molar-refractivity contribution in [2.45, 2.75) is 45.4 Å². The molecule has 0 bridgehead atoms. The highest BCUT2D eigenvalue weighted by Gasteiger charge is 2.18. The molecule has 0 spiro atoms. The minimum absolute atomic E-state index is 0.652. The number of fused-ring (bicyclic) bond motifs is 1. The van der Waals surface area contributed by atoms with Crippen molar-refractivity contribution < 1.29 is 0 Å². The summed E-state index contributed by atoms with van der Waals surface area (Å²) < 4.78 is 0. The van der Waals surface area contributed by atoms with Gasteiger partial charge in [-0.1, -0.05) is 13.3 Å². The van der Waals surface area contributed by atoms with Gasteiger partial charge in [0.15, 0.2) is 0 Å². The fourth-order valence-electron chi connectivity index (χ4n) is 2.65. The van der Waals surface area contributed by atoms with Crippen LogP contribution in [0.2, 0.25) is 0 Å². The first-order valence-corrected chi connectivity index (χ1v) is 7.54. The van der Waals surface area contributed by atoms with Gasteiger partial charge >= 0.3 is 0 Å². The molecule has 1 aromatic rings. The molecule has 0 radical (unpaired) electrons. The molecule has 0 N–H and O–H groups in total. The zero-order chi connectivity index (χ0) is 12.8. The fourth-order valence-corrected chi connectivity index (χ4v) is 2.85. The van der Waals surface area contributed by atoms with Gasteiger partial charge in [0.2, 0.25) is 0 Å². The Morgan fingerprint density at radius 3 is 2.78 bits per heavy atom. The standard InChI is InChI=1S/C14H22ClN3/c1-2-9-18(10-8-15)14-12-6-4-3-5-7-13(12)16-11-17-14/h11H,2-10H2,1H3. The van der Waals surface area contributed by atoms with Crippen LogP contribution in [0, 0.1) is 0 Å². The zero-order valence-electron chi connectivity index (χ0n) is 11.2. The molecule has 1 aliphatic rings. The van der Waals surface area contributed by atoms with Crippen molar-refractivity contribution in [1.29, 1.82) is 0 Å². The Morgan fingerprint density at radius 1 is 1.17 bits per heavy atom. The monoisotopic (exact) mass is 267 g/mol. The summed E-state index contributed by atoms with van der Waals surface area (Å²) in [5.41, 5.74) is 2.63. The quantitative estimate of drug-likeness (QED) is 0.606. The van der Waals surface area contributed by atoms with Crippen LogP contribution in [-0.2, 0) is 12.8 Å². The smallest absolute Gasteiger partial charge is 0.135 e. The Hall–Kier alpha value is -0.830. The van der Waals surface area contributed by atoms with Crippen molar-refractivity contribution in [1.82, 2.24) is 9.97 Å². The van der Waals surface area contributed by atoms with E-state index in [1.807, 2.05) is 0 Å². The first-order valence-electron chi connectivity index (χ1n) is 7.00. The van der Waals surface area contributed by atoms with E-state index in [2.05, 4.69) is 21.8 Å². The summed E-state index contributed by atoms with van der Waals surface area (Å²) in [5.74, 6) is 1.78. The van der Waals surface area contributed by atoms with Gasteiger partial charge in [0.05, 0.1) is 0 Å². The van der Waals surface area contributed by atoms with Crippen LogP contribution in [0.4, 0.5) is 5.82 Å². The molecule has 2 rings (SSSR count). The number of aryl methyl sites for hydroxylation is 1. The molecule has 0 aliphatic heterocycles. The SMILES string of the molecule is CCCN(CCCl)c1ncnc2c1CCCCC2. The fraction of sp³-hybridized carbons (Fsp3) is 0.714. The van der Waals surface area contributed by atoms with Gasteiger partial charge in [0, 0.05) is 30.2 Å². The third-order valence-electron chi connectivity index (χ3n) is 3.50. The molecule has 1 aromatic heterocycles. The van der Waals surface area contributed by atoms with Gasteiger partial charge in [-0.05, 0) is 32.1 Å². The molecule has 0 aromatic carbocycles. The number of aromatic nitrogens is 2. The average molecular weight is 268 g/mol. The maximum Gasteiger partial charge on any atom is 0.135 e. The van der Waals surface area contributed by atoms with Crippen molar-refractivity contribution in [2.24, 2.45) is 0 Å². The van der Waals surface area contributed by atoms with Gasteiger partial charge in [-0.25, -0.2) is 9.97 Å². The number of anilines is 1. The Kier molecular flexibility index (Phi) is 5.24. The van der Waals surface area contributed by atoms with Crippen LogP contribution in [0.5, 0.6) is 0 Å². The van der Waals surface area contributed by atoms with Crippen LogP contribution in [0.15, 0.2) is 6.33 Å². The van der Waals surface area contributed by atoms with E-state index < -0.39 is 0 Å². The molecular weight excluding hydrogens is 246 g/mol. The summed E-state index contributed by atoms with van der Waals surface area (Å²) in [7, 11) is 0. The van der Waals surface area contributed by atoms with Crippen molar-refractivity contribution >= 4 is 17.4 Å². The topological polar surface area (TPSA) is 29.0 Å². The first-order chi connectivity index (χ1) is 8.86. The Bertz CT molecular complexity index is 375. The van der Waals surface area contributed by atoms with E-state index in [0.29, 0.717) is 5.88 Å². The van der Waals surface area contributed by atoms with Crippen molar-refractivity contribution in [3.63, 3.8) is 0 Å². The number of hydrogen-bond acceptors (Lipinski definition) is 3. The summed E-state index contributed by atoms with van der Waals surface area (Å²) in [6, 6.07) is 0. The second-order valence-electron chi connectivity index (χ2n) is 4.86. The van der Waals surface area contributed by atoms with E-state index in [1.165, 1.54) is 30.5 Å². The van der Waals surface area contributed by atoms with E-state index >= 15 is 0 Å². The van der Waals surface area contributed by atoms with Crippen molar-refractivity contribution in [3.8, 4) is 0 Å². The van der Waals surface area contributed by atoms with E-state index in [-0.39, 0.29) is 0 Å². The Morgan fingerprint density at radius 2 is 2.00 bits per heavy atom. The maximum absolute atomic E-state index is 5.91. The summed E-state index contributed by atoms with van der Waals surface area (Å²) in [4.78, 5) is 11.3. The lowest BCUT2D eigenvalue weighted by Gasteiger charge is -2.25. The average Bonchev–Trinajstić information content (AvgIpc) is 2.63. The minimum Gasteiger partial charge on any atom is -0.355 e. The van der Waals surface area contributed by atoms with E-state index in [1.54, 1.807) is 6.33 Å². The highest BCUT2D eigenvalue weighted by Crippen LogP contribution is 2.26. The first kappa shape index (κ1) is 13.6. The molecule has 1 aliphatic carbocycles. The van der Waals surface area contributed by atoms with Gasteiger partial charge in [-0.15, -0.1) is 11.6 Å². The van der Waals surface area contributed by atoms with E-state index in [0.717, 1.165) is 38.2 Å². The summed E-state index contributed by atoms with van der Waals surface area (Å²) in [6.45, 7) is 4.09. The van der Waals surface area contributed by atoms with Crippen LogP contribution in [0.1, 0.15) is 43.9 Å². The summed E-state index contributed by atoms with van der Waals surface area (Å²) in [6.07, 6.45) is 8.88. The molecule has 0 atom stereocenters. The van der Waals surface area contributed by atoms with Crippen LogP contribution in [-0.4, -0.2) is 28.9 Å². The van der Waals surface area contributed by atoms with E-state index in [9.17, 15) is 0 Å². The van der Waals surface area contributed by atoms with Crippen LogP contribution in [0.25, 0.3) is 0 Å². The molecule has 0 saturated heterocycles. The van der Waals surface area contributed by atoms with Crippen LogP contribution in [0.3, 0.4) is 0 Å². The minimum atomic E-state index is 0.652. The molecule has 100 valence electrons. The molecule has 0 amide bonds. The highest BCUT2D eigenvalue weighted by atomic mass is 35.5. The predicted molar refractivity (Wildman–Crippen MR) is 76.5 cm³/mol. The molecule has 18 heavy (non-hydrogen) atoms. The lowest BCUT2D eigenvalue weighted by atomic mass is 10.1. The number of hydrogen-bond donors (Lipinski definition) is 0. The maximum atomic E-state index is 5.91. The van der Waals surface area contributed by atoms with Gasteiger partial charge in [-0.2, -0.15) is 0 Å². The van der Waals surface area contributed by atoms with Crippen LogP contribution >= 0.6 is 11.6 Å². The van der Waals surface area contributed by atoms with E-state index in [4.69, 9.17) is 11.6 Å². The van der Waals surface area contributed by atoms with Crippen molar-refractivity contribution in [2.75, 3.05) is 23.9 Å². The molecule has 1 heterocycles. The number of nitrogens with zero attached hydrogens (tertiary/aromatic N) is 3. The number of rotatable bonds is 5. The zero-order valence-corrected chi connectivity index (χ0v) is 11.9. The number of halogens is 1. The largest absolute Gasteiger partial charge is 0.355 e. The predicted octanol–water partition coefficient (Wildman–Crippen LogP) is 3.20. The molecular formula is C14H22ClN3. The van der Waals surface area contributed by atoms with Gasteiger partial charge in [-0.3, -0.25) is 0 Å². The second kappa shape index (κ2) is 6.93. The molecule has 0 unspecified atom stereocenters. The molecule has 4 heteroatoms. The third kappa shape index (κ3) is 3.14. The lowest BCUT2D eigenvalue weighted by molar-refractivity contribution is 0.707. The normalized spacial score (nSPS) is 15.0. The highest BCUT2D eigenvalue weighted by molar-refractivity contribution is 6.18. The summed E-state index contributed by atoms with van der Waals surface area (Å²) in [5, 5.41) is 0. The lowest BCUT2D eigenvalue weighted by Crippen LogP contribution is -2.28. The molecule has 0 saturated carbocycles. The third-order valence-corrected chi connectivity index (χ3v) is 3.67. The van der Waals surface area contributed by atoms with Gasteiger partial charge in [0.1, 0.15) is 12.1 Å². The molecule has 0 fully saturated rings. The number of alkyl halides is 1.